The molecule has 2 aliphatic rings. The Morgan fingerprint density at radius 3 is 3.00 bits per heavy atom. The van der Waals surface area contributed by atoms with Gasteiger partial charge in [0.25, 0.3) is 0 Å². The molecule has 3 nitrogen and oxygen atoms in total. The lowest BCUT2D eigenvalue weighted by Crippen LogP contribution is -2.63. The molecule has 0 saturated carbocycles. The largest absolute Gasteiger partial charge is 0.314 e. The van der Waals surface area contributed by atoms with Crippen LogP contribution in [0, 0.1) is 0 Å². The molecule has 2 saturated heterocycles. The average Bonchev–Trinajstić information content (AvgIpc) is 2.04. The van der Waals surface area contributed by atoms with Gasteiger partial charge >= 0.3 is 0 Å². The SMILES string of the molecule is CC1CN(C)CC2CNCCN12. The first kappa shape index (κ1) is 8.48. The number of nitrogens with zero attached hydrogens (tertiary/aromatic N) is 2. The zero-order chi connectivity index (χ0) is 8.55. The summed E-state index contributed by atoms with van der Waals surface area (Å²) in [6.07, 6.45) is 0. The Hall–Kier alpha value is -0.120. The van der Waals surface area contributed by atoms with Crippen LogP contribution >= 0.6 is 0 Å². The first-order chi connectivity index (χ1) is 5.77. The minimum absolute atomic E-state index is 0.746. The number of hydrogen-bond donors (Lipinski definition) is 1. The van der Waals surface area contributed by atoms with Crippen LogP contribution in [0.2, 0.25) is 0 Å². The highest BCUT2D eigenvalue weighted by molar-refractivity contribution is 4.90. The van der Waals surface area contributed by atoms with E-state index in [1.54, 1.807) is 0 Å². The molecule has 0 aromatic rings. The van der Waals surface area contributed by atoms with Crippen molar-refractivity contribution >= 4 is 0 Å². The Morgan fingerprint density at radius 2 is 2.17 bits per heavy atom. The van der Waals surface area contributed by atoms with Gasteiger partial charge in [0.2, 0.25) is 0 Å². The second-order valence-electron chi connectivity index (χ2n) is 4.17. The molecule has 0 aromatic carbocycles. The van der Waals surface area contributed by atoms with Gasteiger partial charge in [-0.15, -0.1) is 0 Å². The average molecular weight is 169 g/mol. The van der Waals surface area contributed by atoms with E-state index in [1.165, 1.54) is 32.7 Å². The van der Waals surface area contributed by atoms with E-state index in [4.69, 9.17) is 0 Å². The Kier molecular flexibility index (Phi) is 2.35. The summed E-state index contributed by atoms with van der Waals surface area (Å²) in [5.74, 6) is 0. The molecule has 70 valence electrons. The molecule has 2 atom stereocenters. The van der Waals surface area contributed by atoms with Gasteiger partial charge in [-0.3, -0.25) is 4.90 Å². The highest BCUT2D eigenvalue weighted by Gasteiger charge is 2.31. The summed E-state index contributed by atoms with van der Waals surface area (Å²) in [6, 6.07) is 1.50. The molecule has 1 N–H and O–H groups in total. The van der Waals surface area contributed by atoms with Crippen molar-refractivity contribution in [1.82, 2.24) is 15.1 Å². The van der Waals surface area contributed by atoms with Crippen LogP contribution < -0.4 is 5.32 Å². The van der Waals surface area contributed by atoms with Crippen LogP contribution in [0.15, 0.2) is 0 Å². The Morgan fingerprint density at radius 1 is 1.33 bits per heavy atom. The van der Waals surface area contributed by atoms with Gasteiger partial charge in [-0.05, 0) is 14.0 Å². The summed E-state index contributed by atoms with van der Waals surface area (Å²) in [5.41, 5.74) is 0. The van der Waals surface area contributed by atoms with E-state index in [0.29, 0.717) is 0 Å². The van der Waals surface area contributed by atoms with Crippen LogP contribution in [0.3, 0.4) is 0 Å². The van der Waals surface area contributed by atoms with E-state index >= 15 is 0 Å². The van der Waals surface area contributed by atoms with Gasteiger partial charge in [-0.25, -0.2) is 0 Å². The van der Waals surface area contributed by atoms with E-state index in [9.17, 15) is 0 Å². The van der Waals surface area contributed by atoms with Crippen LogP contribution in [0.4, 0.5) is 0 Å². The molecule has 2 fully saturated rings. The van der Waals surface area contributed by atoms with Gasteiger partial charge in [0, 0.05) is 44.8 Å². The lowest BCUT2D eigenvalue weighted by molar-refractivity contribution is 0.0284. The van der Waals surface area contributed by atoms with Crippen LogP contribution in [-0.2, 0) is 0 Å². The third-order valence-electron chi connectivity index (χ3n) is 3.06. The van der Waals surface area contributed by atoms with E-state index in [1.807, 2.05) is 0 Å². The van der Waals surface area contributed by atoms with Gasteiger partial charge in [-0.1, -0.05) is 0 Å². The minimum atomic E-state index is 0.746. The molecule has 0 radical (unpaired) electrons. The maximum atomic E-state index is 3.46. The number of rotatable bonds is 0. The molecule has 2 heterocycles. The maximum Gasteiger partial charge on any atom is 0.0351 e. The lowest BCUT2D eigenvalue weighted by atomic mass is 10.1. The van der Waals surface area contributed by atoms with Crippen LogP contribution in [0.5, 0.6) is 0 Å². The van der Waals surface area contributed by atoms with Crippen LogP contribution in [0.1, 0.15) is 6.92 Å². The molecule has 0 aromatic heterocycles. The maximum absolute atomic E-state index is 3.46. The molecule has 0 spiro atoms. The predicted molar refractivity (Wildman–Crippen MR) is 50.3 cm³/mol. The van der Waals surface area contributed by atoms with Crippen molar-refractivity contribution in [3.8, 4) is 0 Å². The van der Waals surface area contributed by atoms with Crippen LogP contribution in [-0.4, -0.2) is 61.7 Å². The summed E-state index contributed by atoms with van der Waals surface area (Å²) < 4.78 is 0. The van der Waals surface area contributed by atoms with E-state index in [0.717, 1.165) is 12.1 Å². The molecule has 0 amide bonds. The smallest absolute Gasteiger partial charge is 0.0351 e. The highest BCUT2D eigenvalue weighted by Crippen LogP contribution is 2.15. The van der Waals surface area contributed by atoms with Crippen LogP contribution in [0.25, 0.3) is 0 Å². The van der Waals surface area contributed by atoms with Crippen molar-refractivity contribution < 1.29 is 0 Å². The molecule has 0 bridgehead atoms. The molecular weight excluding hydrogens is 150 g/mol. The molecule has 2 unspecified atom stereocenters. The first-order valence-electron chi connectivity index (χ1n) is 4.92. The van der Waals surface area contributed by atoms with Crippen molar-refractivity contribution in [2.75, 3.05) is 39.8 Å². The third-order valence-corrected chi connectivity index (χ3v) is 3.06. The second-order valence-corrected chi connectivity index (χ2v) is 4.17. The van der Waals surface area contributed by atoms with E-state index in [2.05, 4.69) is 29.1 Å². The number of nitrogens with one attached hydrogen (secondary N) is 1. The van der Waals surface area contributed by atoms with Crippen molar-refractivity contribution in [3.05, 3.63) is 0 Å². The highest BCUT2D eigenvalue weighted by atomic mass is 15.3. The molecule has 2 rings (SSSR count). The van der Waals surface area contributed by atoms with Crippen molar-refractivity contribution in [3.63, 3.8) is 0 Å². The molecular formula is C9H19N3. The molecule has 2 aliphatic heterocycles. The van der Waals surface area contributed by atoms with Crippen molar-refractivity contribution in [2.24, 2.45) is 0 Å². The zero-order valence-corrected chi connectivity index (χ0v) is 8.08. The Bertz CT molecular complexity index is 160. The van der Waals surface area contributed by atoms with Gasteiger partial charge in [0.05, 0.1) is 0 Å². The number of fused-ring (bicyclic) bond motifs is 1. The fraction of sp³-hybridized carbons (Fsp3) is 1.00. The van der Waals surface area contributed by atoms with Gasteiger partial charge < -0.3 is 10.2 Å². The first-order valence-corrected chi connectivity index (χ1v) is 4.92. The second kappa shape index (κ2) is 3.32. The zero-order valence-electron chi connectivity index (χ0n) is 8.08. The Labute approximate surface area is 74.7 Å². The number of piperazine rings is 2. The number of hydrogen-bond acceptors (Lipinski definition) is 3. The van der Waals surface area contributed by atoms with E-state index in [-0.39, 0.29) is 0 Å². The summed E-state index contributed by atoms with van der Waals surface area (Å²) >= 11 is 0. The Balaban J connectivity index is 2.01. The quantitative estimate of drug-likeness (QED) is 0.532. The minimum Gasteiger partial charge on any atom is -0.314 e. The normalized spacial score (nSPS) is 39.5. The van der Waals surface area contributed by atoms with Gasteiger partial charge in [-0.2, -0.15) is 0 Å². The van der Waals surface area contributed by atoms with Crippen molar-refractivity contribution in [1.29, 1.82) is 0 Å². The standard InChI is InChI=1S/C9H19N3/c1-8-6-11(2)7-9-5-10-3-4-12(8)9/h8-10H,3-7H2,1-2H3. The molecule has 3 heteroatoms. The van der Waals surface area contributed by atoms with Gasteiger partial charge in [0.1, 0.15) is 0 Å². The monoisotopic (exact) mass is 169 g/mol. The predicted octanol–water partition coefficient (Wildman–Crippen LogP) is -0.406. The fourth-order valence-electron chi connectivity index (χ4n) is 2.52. The third kappa shape index (κ3) is 1.49. The summed E-state index contributed by atoms with van der Waals surface area (Å²) in [4.78, 5) is 5.09. The summed E-state index contributed by atoms with van der Waals surface area (Å²) in [5, 5.41) is 3.46. The van der Waals surface area contributed by atoms with E-state index < -0.39 is 0 Å². The topological polar surface area (TPSA) is 18.5 Å². The number of likely N-dealkylation sites (N-methyl/N-ethyl adjacent to an activating group) is 1. The summed E-state index contributed by atoms with van der Waals surface area (Å²) in [7, 11) is 2.22. The fourth-order valence-corrected chi connectivity index (χ4v) is 2.52. The van der Waals surface area contributed by atoms with Gasteiger partial charge in [0.15, 0.2) is 0 Å². The summed E-state index contributed by atoms with van der Waals surface area (Å²) in [6.45, 7) is 8.39. The van der Waals surface area contributed by atoms with Crippen molar-refractivity contribution in [2.45, 2.75) is 19.0 Å². The molecule has 12 heavy (non-hydrogen) atoms. The molecule has 0 aliphatic carbocycles. The lowest BCUT2D eigenvalue weighted by Gasteiger charge is -2.47.